The Morgan fingerprint density at radius 1 is 0.933 bits per heavy atom. The molecule has 1 aliphatic heterocycles. The number of rotatable bonds is 7. The lowest BCUT2D eigenvalue weighted by atomic mass is 9.92. The van der Waals surface area contributed by atoms with E-state index in [-0.39, 0.29) is 17.3 Å². The number of hydrogen-bond acceptors (Lipinski definition) is 9. The summed E-state index contributed by atoms with van der Waals surface area (Å²) in [5.74, 6) is 1.19. The van der Waals surface area contributed by atoms with Gasteiger partial charge in [-0.05, 0) is 61.7 Å². The van der Waals surface area contributed by atoms with Crippen molar-refractivity contribution in [3.63, 3.8) is 0 Å². The number of aromatic nitrogens is 6. The number of carbonyl (C=O) groups is 2. The van der Waals surface area contributed by atoms with E-state index in [1.54, 1.807) is 22.0 Å². The summed E-state index contributed by atoms with van der Waals surface area (Å²) < 4.78 is 7.48. The van der Waals surface area contributed by atoms with Crippen molar-refractivity contribution >= 4 is 39.9 Å². The molecule has 0 radical (unpaired) electrons. The molecule has 6 rings (SSSR count). The number of amides is 3. The number of urea groups is 1. The third kappa shape index (κ3) is 6.99. The molecule has 1 aromatic carbocycles. The average Bonchev–Trinajstić information content (AvgIpc) is 3.68. The van der Waals surface area contributed by atoms with Gasteiger partial charge in [0.15, 0.2) is 5.13 Å². The molecule has 12 nitrogen and oxygen atoms in total. The Balaban J connectivity index is 1.08. The van der Waals surface area contributed by atoms with Crippen LogP contribution in [0.15, 0.2) is 67.3 Å². The fourth-order valence-electron chi connectivity index (χ4n) is 4.65. The van der Waals surface area contributed by atoms with Crippen LogP contribution in [-0.2, 0) is 10.2 Å². The number of anilines is 3. The largest absolute Gasteiger partial charge is 0.424 e. The van der Waals surface area contributed by atoms with Gasteiger partial charge in [-0.15, -0.1) is 0 Å². The predicted molar refractivity (Wildman–Crippen MR) is 173 cm³/mol. The minimum atomic E-state index is -0.472. The summed E-state index contributed by atoms with van der Waals surface area (Å²) in [6.07, 6.45) is 8.96. The lowest BCUT2D eigenvalue weighted by molar-refractivity contribution is -0.119. The normalized spacial score (nSPS) is 13.5. The van der Waals surface area contributed by atoms with Gasteiger partial charge in [-0.1, -0.05) is 32.1 Å². The molecule has 5 heterocycles. The first-order valence-electron chi connectivity index (χ1n) is 14.6. The van der Waals surface area contributed by atoms with Crippen molar-refractivity contribution in [1.82, 2.24) is 29.7 Å². The first-order chi connectivity index (χ1) is 21.6. The molecule has 1 aliphatic rings. The van der Waals surface area contributed by atoms with Crippen LogP contribution in [-0.4, -0.2) is 48.2 Å². The number of aryl methyl sites for hydroxylation is 1. The molecule has 5 aromatic rings. The van der Waals surface area contributed by atoms with Gasteiger partial charge in [-0.25, -0.2) is 24.4 Å². The van der Waals surface area contributed by atoms with Gasteiger partial charge in [0.05, 0.1) is 40.5 Å². The molecule has 13 heteroatoms. The zero-order valence-corrected chi connectivity index (χ0v) is 26.3. The first-order valence-corrected chi connectivity index (χ1v) is 15.4. The molecular formula is C32H33N9O3S. The fourth-order valence-corrected chi connectivity index (χ4v) is 5.62. The van der Waals surface area contributed by atoms with E-state index in [1.807, 2.05) is 49.4 Å². The Morgan fingerprint density at radius 2 is 1.71 bits per heavy atom. The van der Waals surface area contributed by atoms with Crippen LogP contribution < -0.4 is 20.3 Å². The molecule has 3 amide bonds. The summed E-state index contributed by atoms with van der Waals surface area (Å²) >= 11 is 1.50. The molecule has 0 unspecified atom stereocenters. The molecule has 0 spiro atoms. The maximum atomic E-state index is 12.9. The fraction of sp³-hybridized carbons (Fsp3) is 0.281. The Labute approximate surface area is 264 Å². The Morgan fingerprint density at radius 3 is 2.40 bits per heavy atom. The van der Waals surface area contributed by atoms with Crippen molar-refractivity contribution in [3.05, 3.63) is 78.6 Å². The van der Waals surface area contributed by atoms with E-state index in [1.165, 1.54) is 23.7 Å². The molecule has 1 fully saturated rings. The third-order valence-electron chi connectivity index (χ3n) is 7.14. The van der Waals surface area contributed by atoms with E-state index in [9.17, 15) is 9.59 Å². The molecule has 230 valence electrons. The Kier molecular flexibility index (Phi) is 8.26. The van der Waals surface area contributed by atoms with Gasteiger partial charge >= 0.3 is 12.0 Å². The van der Waals surface area contributed by atoms with Crippen molar-refractivity contribution < 1.29 is 14.3 Å². The molecule has 1 saturated heterocycles. The van der Waals surface area contributed by atoms with Crippen LogP contribution in [0.4, 0.5) is 21.4 Å². The van der Waals surface area contributed by atoms with Gasteiger partial charge in [0, 0.05) is 36.3 Å². The second-order valence-electron chi connectivity index (χ2n) is 11.7. The van der Waals surface area contributed by atoms with E-state index in [0.29, 0.717) is 30.2 Å². The number of piperidine rings is 1. The smallest absolute Gasteiger partial charge is 0.324 e. The highest BCUT2D eigenvalue weighted by molar-refractivity contribution is 7.19. The van der Waals surface area contributed by atoms with Gasteiger partial charge in [0.2, 0.25) is 5.91 Å². The van der Waals surface area contributed by atoms with Crippen LogP contribution in [0.1, 0.15) is 51.4 Å². The molecule has 0 aliphatic carbocycles. The topological polar surface area (TPSA) is 140 Å². The van der Waals surface area contributed by atoms with Crippen molar-refractivity contribution in [1.29, 1.82) is 0 Å². The average molecular weight is 624 g/mol. The van der Waals surface area contributed by atoms with E-state index in [4.69, 9.17) is 9.84 Å². The van der Waals surface area contributed by atoms with E-state index in [2.05, 4.69) is 51.3 Å². The molecule has 0 bridgehead atoms. The molecule has 0 atom stereocenters. The van der Waals surface area contributed by atoms with E-state index >= 15 is 0 Å². The van der Waals surface area contributed by atoms with Crippen molar-refractivity contribution in [2.45, 2.75) is 52.4 Å². The quantitative estimate of drug-likeness (QED) is 0.203. The number of pyridine rings is 1. The van der Waals surface area contributed by atoms with Gasteiger partial charge in [0.25, 0.3) is 0 Å². The lowest BCUT2D eigenvalue weighted by Gasteiger charge is -2.23. The van der Waals surface area contributed by atoms with Gasteiger partial charge < -0.3 is 10.1 Å². The van der Waals surface area contributed by atoms with Gasteiger partial charge in [-0.3, -0.25) is 20.0 Å². The molecule has 0 saturated carbocycles. The highest BCUT2D eigenvalue weighted by atomic mass is 32.1. The highest BCUT2D eigenvalue weighted by Crippen LogP contribution is 2.34. The number of benzene rings is 1. The second-order valence-corrected chi connectivity index (χ2v) is 12.7. The summed E-state index contributed by atoms with van der Waals surface area (Å²) in [4.78, 5) is 45.2. The molecule has 2 N–H and O–H groups in total. The summed E-state index contributed by atoms with van der Waals surface area (Å²) in [6.45, 7) is 8.80. The number of hydrogen-bond donors (Lipinski definition) is 2. The monoisotopic (exact) mass is 623 g/mol. The minimum Gasteiger partial charge on any atom is -0.424 e. The number of nitrogens with one attached hydrogen (secondary N) is 2. The van der Waals surface area contributed by atoms with Crippen LogP contribution in [0.3, 0.4) is 0 Å². The lowest BCUT2D eigenvalue weighted by Crippen LogP contribution is -2.34. The summed E-state index contributed by atoms with van der Waals surface area (Å²) in [6, 6.07) is 12.8. The van der Waals surface area contributed by atoms with E-state index < -0.39 is 6.03 Å². The number of thiazole rings is 1. The predicted octanol–water partition coefficient (Wildman–Crippen LogP) is 6.74. The minimum absolute atomic E-state index is 0.130. The highest BCUT2D eigenvalue weighted by Gasteiger charge is 2.23. The standard InChI is InChI=1S/C32H33N9O3S/c1-20-8-11-23(18-33-20)41-27(15-26(39-41)32(2,3)4)38-29(43)37-22-16-34-30(35-17-22)44-24-12-9-21(10-13-24)25-19-36-31(45-25)40-14-6-5-7-28(40)42/h8-13,15-19H,5-7,14H2,1-4H3,(H2,37,38,43). The number of nitrogens with zero attached hydrogens (tertiary/aromatic N) is 7. The van der Waals surface area contributed by atoms with Crippen LogP contribution in [0.2, 0.25) is 0 Å². The van der Waals surface area contributed by atoms with E-state index in [0.717, 1.165) is 45.5 Å². The van der Waals surface area contributed by atoms with Crippen LogP contribution >= 0.6 is 11.3 Å². The number of ether oxygens (including phenoxy) is 1. The molecular weight excluding hydrogens is 590 g/mol. The summed E-state index contributed by atoms with van der Waals surface area (Å²) in [5, 5.41) is 11.1. The van der Waals surface area contributed by atoms with Crippen LogP contribution in [0.25, 0.3) is 16.1 Å². The first kappa shape index (κ1) is 29.9. The van der Waals surface area contributed by atoms with Gasteiger partial charge in [-0.2, -0.15) is 5.10 Å². The summed E-state index contributed by atoms with van der Waals surface area (Å²) in [5.41, 5.74) is 3.58. The Bertz CT molecular complexity index is 1810. The Hall–Kier alpha value is -5.17. The third-order valence-corrected chi connectivity index (χ3v) is 8.21. The maximum Gasteiger partial charge on any atom is 0.324 e. The zero-order chi connectivity index (χ0) is 31.6. The molecule has 4 aromatic heterocycles. The van der Waals surface area contributed by atoms with Crippen LogP contribution in [0.5, 0.6) is 11.8 Å². The number of carbonyl (C=O) groups excluding carboxylic acids is 2. The maximum absolute atomic E-state index is 12.9. The SMILES string of the molecule is Cc1ccc(-n2nc(C(C)(C)C)cc2NC(=O)Nc2cnc(Oc3ccc(-c4cnc(N5CCCCC5=O)s4)cc3)nc2)cn1. The second kappa shape index (κ2) is 12.4. The van der Waals surface area contributed by atoms with Gasteiger partial charge in [0.1, 0.15) is 11.6 Å². The van der Waals surface area contributed by atoms with Crippen LogP contribution in [0, 0.1) is 6.92 Å². The van der Waals surface area contributed by atoms with Crippen molar-refractivity contribution in [2.24, 2.45) is 0 Å². The molecule has 45 heavy (non-hydrogen) atoms. The van der Waals surface area contributed by atoms with Crippen molar-refractivity contribution in [3.8, 4) is 27.9 Å². The zero-order valence-electron chi connectivity index (χ0n) is 25.4. The summed E-state index contributed by atoms with van der Waals surface area (Å²) in [7, 11) is 0. The van der Waals surface area contributed by atoms with Crippen molar-refractivity contribution in [2.75, 3.05) is 22.1 Å².